The average molecular weight is 636 g/mol. The normalized spacial score (nSPS) is 12.4. The topological polar surface area (TPSA) is 64.6 Å². The molecule has 6 rings (SSSR count). The first-order valence-electron chi connectivity index (χ1n) is 16.6. The Morgan fingerprint density at radius 2 is 1.17 bits per heavy atom. The van der Waals surface area contributed by atoms with E-state index in [1.54, 1.807) is 26.0 Å². The highest BCUT2D eigenvalue weighted by Gasteiger charge is 2.26. The molecular formula is C43H41NO4. The Labute approximate surface area is 282 Å². The second-order valence-electron chi connectivity index (χ2n) is 12.4. The first-order valence-corrected chi connectivity index (χ1v) is 16.6. The molecule has 6 aromatic rings. The summed E-state index contributed by atoms with van der Waals surface area (Å²) in [5, 5.41) is 8.11. The molecule has 242 valence electrons. The number of esters is 2. The summed E-state index contributed by atoms with van der Waals surface area (Å²) in [5.74, 6) is -0.890. The first kappa shape index (κ1) is 32.5. The predicted octanol–water partition coefficient (Wildman–Crippen LogP) is 10.7. The summed E-state index contributed by atoms with van der Waals surface area (Å²) in [4.78, 5) is 27.1. The van der Waals surface area contributed by atoms with Gasteiger partial charge in [-0.1, -0.05) is 97.4 Å². The van der Waals surface area contributed by atoms with Gasteiger partial charge in [0, 0.05) is 5.69 Å². The molecule has 1 N–H and O–H groups in total. The largest absolute Gasteiger partial charge is 0.462 e. The Hall–Kier alpha value is -5.42. The lowest BCUT2D eigenvalue weighted by Gasteiger charge is -2.32. The van der Waals surface area contributed by atoms with E-state index in [2.05, 4.69) is 98.9 Å². The molecule has 5 nitrogen and oxygen atoms in total. The van der Waals surface area contributed by atoms with Crippen molar-refractivity contribution in [3.8, 4) is 22.3 Å². The van der Waals surface area contributed by atoms with Crippen LogP contribution in [0.15, 0.2) is 115 Å². The zero-order valence-corrected chi connectivity index (χ0v) is 28.2. The van der Waals surface area contributed by atoms with E-state index in [1.165, 1.54) is 5.56 Å². The number of ether oxygens (including phenoxy) is 2. The van der Waals surface area contributed by atoms with Crippen LogP contribution in [0, 0.1) is 6.92 Å². The molecular weight excluding hydrogens is 594 g/mol. The van der Waals surface area contributed by atoms with Crippen LogP contribution in [-0.2, 0) is 15.0 Å². The van der Waals surface area contributed by atoms with Gasteiger partial charge in [-0.25, -0.2) is 9.59 Å². The number of benzene rings is 6. The van der Waals surface area contributed by atoms with Gasteiger partial charge in [0.05, 0.1) is 29.9 Å². The number of hydrogen-bond donors (Lipinski definition) is 1. The van der Waals surface area contributed by atoms with Gasteiger partial charge in [0.1, 0.15) is 0 Å². The van der Waals surface area contributed by atoms with Gasteiger partial charge in [0.2, 0.25) is 0 Å². The monoisotopic (exact) mass is 635 g/mol. The molecule has 5 heteroatoms. The molecule has 0 aliphatic heterocycles. The van der Waals surface area contributed by atoms with Crippen molar-refractivity contribution in [3.63, 3.8) is 0 Å². The Kier molecular flexibility index (Phi) is 9.31. The van der Waals surface area contributed by atoms with Crippen LogP contribution < -0.4 is 5.32 Å². The van der Waals surface area contributed by atoms with Crippen LogP contribution in [0.1, 0.15) is 66.0 Å². The first-order chi connectivity index (χ1) is 23.2. The summed E-state index contributed by atoms with van der Waals surface area (Å²) in [7, 11) is 0. The highest BCUT2D eigenvalue weighted by atomic mass is 16.5. The van der Waals surface area contributed by atoms with Crippen molar-refractivity contribution in [1.82, 2.24) is 0 Å². The van der Waals surface area contributed by atoms with Crippen LogP contribution in [0.3, 0.4) is 0 Å². The van der Waals surface area contributed by atoms with Crippen LogP contribution in [0.4, 0.5) is 5.69 Å². The number of hydrogen-bond acceptors (Lipinski definition) is 5. The van der Waals surface area contributed by atoms with Crippen molar-refractivity contribution in [2.75, 3.05) is 18.5 Å². The molecule has 0 amide bonds. The molecule has 0 aromatic heterocycles. The fourth-order valence-electron chi connectivity index (χ4n) is 6.34. The molecule has 1 atom stereocenters. The molecule has 0 aliphatic rings. The van der Waals surface area contributed by atoms with Crippen LogP contribution in [0.2, 0.25) is 0 Å². The van der Waals surface area contributed by atoms with E-state index in [0.29, 0.717) is 22.3 Å². The minimum atomic E-state index is -0.445. The number of nitrogens with one attached hydrogen (secondary N) is 1. The summed E-state index contributed by atoms with van der Waals surface area (Å²) in [6.45, 7) is 10.5. The predicted molar refractivity (Wildman–Crippen MR) is 197 cm³/mol. The number of anilines is 1. The van der Waals surface area contributed by atoms with E-state index in [0.717, 1.165) is 50.3 Å². The lowest BCUT2D eigenvalue weighted by Crippen LogP contribution is -2.31. The number of rotatable bonds is 10. The van der Waals surface area contributed by atoms with Gasteiger partial charge >= 0.3 is 11.9 Å². The molecule has 0 heterocycles. The third kappa shape index (κ3) is 6.41. The summed E-state index contributed by atoms with van der Waals surface area (Å²) >= 11 is 0. The van der Waals surface area contributed by atoms with Gasteiger partial charge in [0.25, 0.3) is 0 Å². The van der Waals surface area contributed by atoms with Crippen LogP contribution in [-0.4, -0.2) is 25.2 Å². The molecule has 0 spiro atoms. The molecule has 0 bridgehead atoms. The molecule has 1 unspecified atom stereocenters. The number of fused-ring (bicyclic) bond motifs is 3. The van der Waals surface area contributed by atoms with E-state index in [4.69, 9.17) is 9.47 Å². The molecule has 48 heavy (non-hydrogen) atoms. The minimum absolute atomic E-state index is 0.230. The fraction of sp³-hybridized carbons (Fsp3) is 0.209. The third-order valence-electron chi connectivity index (χ3n) is 9.22. The van der Waals surface area contributed by atoms with Crippen LogP contribution in [0.25, 0.3) is 43.8 Å². The summed E-state index contributed by atoms with van der Waals surface area (Å²) in [6, 6.07) is 38.7. The van der Waals surface area contributed by atoms with Gasteiger partial charge < -0.3 is 14.8 Å². The molecule has 0 radical (unpaired) electrons. The van der Waals surface area contributed by atoms with E-state index in [9.17, 15) is 9.59 Å². The van der Waals surface area contributed by atoms with E-state index >= 15 is 0 Å². The smallest absolute Gasteiger partial charge is 0.338 e. The van der Waals surface area contributed by atoms with Crippen molar-refractivity contribution in [3.05, 3.63) is 138 Å². The highest BCUT2D eigenvalue weighted by molar-refractivity contribution is 6.10. The van der Waals surface area contributed by atoms with Gasteiger partial charge in [-0.15, -0.1) is 0 Å². The molecule has 0 fully saturated rings. The maximum absolute atomic E-state index is 13.6. The van der Waals surface area contributed by atoms with E-state index in [-0.39, 0.29) is 18.8 Å². The Bertz CT molecular complexity index is 2120. The maximum atomic E-state index is 13.6. The lowest BCUT2D eigenvalue weighted by atomic mass is 9.86. The third-order valence-corrected chi connectivity index (χ3v) is 9.22. The van der Waals surface area contributed by atoms with E-state index in [1.807, 2.05) is 30.3 Å². The van der Waals surface area contributed by atoms with Crippen molar-refractivity contribution in [1.29, 1.82) is 0 Å². The Balaban J connectivity index is 1.48. The second kappa shape index (κ2) is 13.7. The second-order valence-corrected chi connectivity index (χ2v) is 12.4. The van der Waals surface area contributed by atoms with Crippen LogP contribution >= 0.6 is 0 Å². The zero-order chi connectivity index (χ0) is 33.8. The fourth-order valence-corrected chi connectivity index (χ4v) is 6.34. The maximum Gasteiger partial charge on any atom is 0.338 e. The Morgan fingerprint density at radius 1 is 0.625 bits per heavy atom. The van der Waals surface area contributed by atoms with E-state index < -0.39 is 11.9 Å². The minimum Gasteiger partial charge on any atom is -0.462 e. The zero-order valence-electron chi connectivity index (χ0n) is 28.2. The molecule has 0 saturated heterocycles. The SMILES string of the molecule is CCOC(=O)c1cc(-c2ccc3ccc4ccccc4c3c2)c(C(=O)OCC)cc1-c1ccc(C(C)(CC)Nc2ccc(C)cc2)cc1. The standard InChI is InChI=1S/C43H41NO4/c1-6-43(5,44-34-23-13-28(4)14-24-34)33-21-19-31(20-22-33)37-26-40(42(46)48-8-3)38(27-39(37)41(45)47-7-2)32-18-17-30-16-15-29-11-9-10-12-35(29)36(30)25-32/h9-27,44H,6-8H2,1-5H3. The number of aryl methyl sites for hydroxylation is 1. The van der Waals surface area contributed by atoms with Gasteiger partial charge in [-0.05, 0) is 114 Å². The van der Waals surface area contributed by atoms with Crippen molar-refractivity contribution >= 4 is 39.2 Å². The highest BCUT2D eigenvalue weighted by Crippen LogP contribution is 2.38. The summed E-state index contributed by atoms with van der Waals surface area (Å²) < 4.78 is 11.1. The summed E-state index contributed by atoms with van der Waals surface area (Å²) in [6.07, 6.45) is 0.858. The lowest BCUT2D eigenvalue weighted by molar-refractivity contribution is 0.0513. The Morgan fingerprint density at radius 3 is 1.77 bits per heavy atom. The quantitative estimate of drug-likeness (QED) is 0.120. The number of carbonyl (C=O) groups is 2. The number of carbonyl (C=O) groups excluding carboxylic acids is 2. The van der Waals surface area contributed by atoms with Gasteiger partial charge in [0.15, 0.2) is 0 Å². The molecule has 0 aliphatic carbocycles. The average Bonchev–Trinajstić information content (AvgIpc) is 3.12. The van der Waals surface area contributed by atoms with Crippen molar-refractivity contribution < 1.29 is 19.1 Å². The summed E-state index contributed by atoms with van der Waals surface area (Å²) in [5.41, 5.74) is 6.68. The van der Waals surface area contributed by atoms with Gasteiger partial charge in [-0.3, -0.25) is 0 Å². The van der Waals surface area contributed by atoms with Crippen molar-refractivity contribution in [2.45, 2.75) is 46.6 Å². The molecule has 6 aromatic carbocycles. The van der Waals surface area contributed by atoms with Gasteiger partial charge in [-0.2, -0.15) is 0 Å². The van der Waals surface area contributed by atoms with Crippen molar-refractivity contribution in [2.24, 2.45) is 0 Å². The molecule has 0 saturated carbocycles. The van der Waals surface area contributed by atoms with Crippen LogP contribution in [0.5, 0.6) is 0 Å².